The smallest absolute Gasteiger partial charge is 0.311 e. The molecule has 0 saturated carbocycles. The number of hydrogen-bond acceptors (Lipinski definition) is 6. The minimum atomic E-state index is -3.15. The zero-order valence-electron chi connectivity index (χ0n) is 9.17. The van der Waals surface area contributed by atoms with Gasteiger partial charge in [-0.15, -0.1) is 0 Å². The van der Waals surface area contributed by atoms with Crippen molar-refractivity contribution in [3.8, 4) is 0 Å². The molecule has 0 radical (unpaired) electrons. The molecule has 0 atom stereocenters. The van der Waals surface area contributed by atoms with Gasteiger partial charge in [-0.1, -0.05) is 11.3 Å². The van der Waals surface area contributed by atoms with Gasteiger partial charge in [0.1, 0.15) is 0 Å². The third kappa shape index (κ3) is 5.73. The lowest BCUT2D eigenvalue weighted by Gasteiger charge is -2.03. The average molecular weight is 279 g/mol. The molecule has 9 heteroatoms. The van der Waals surface area contributed by atoms with E-state index < -0.39 is 14.9 Å². The first-order chi connectivity index (χ1) is 7.88. The van der Waals surface area contributed by atoms with Crippen LogP contribution in [0.2, 0.25) is 0 Å². The van der Waals surface area contributed by atoms with Crippen LogP contribution in [-0.4, -0.2) is 32.7 Å². The first-order valence-electron chi connectivity index (χ1n) is 4.77. The fourth-order valence-corrected chi connectivity index (χ4v) is 2.36. The predicted octanol–water partition coefficient (Wildman–Crippen LogP) is 0.295. The largest absolute Gasteiger partial charge is 0.324 e. The predicted molar refractivity (Wildman–Crippen MR) is 65.5 cm³/mol. The summed E-state index contributed by atoms with van der Waals surface area (Å²) >= 11 is 1.10. The average Bonchev–Trinajstić information content (AvgIpc) is 2.64. The fraction of sp³-hybridized carbons (Fsp3) is 0.500. The molecule has 1 rings (SSSR count). The molecule has 96 valence electrons. The Kier molecular flexibility index (Phi) is 5.00. The number of nitrogens with one attached hydrogen (secondary N) is 2. The molecule has 1 heterocycles. The van der Waals surface area contributed by atoms with Crippen molar-refractivity contribution in [3.63, 3.8) is 0 Å². The van der Waals surface area contributed by atoms with Crippen molar-refractivity contribution < 1.29 is 13.3 Å². The van der Waals surface area contributed by atoms with Crippen molar-refractivity contribution in [1.29, 1.82) is 0 Å². The summed E-state index contributed by atoms with van der Waals surface area (Å²) in [6.07, 6.45) is 1.09. The van der Waals surface area contributed by atoms with Gasteiger partial charge in [0.2, 0.25) is 10.0 Å². The van der Waals surface area contributed by atoms with Gasteiger partial charge in [-0.3, -0.25) is 10.1 Å². The van der Waals surface area contributed by atoms with E-state index in [0.717, 1.165) is 22.5 Å². The van der Waals surface area contributed by atoms with E-state index in [1.807, 2.05) is 0 Å². The van der Waals surface area contributed by atoms with Gasteiger partial charge >= 0.3 is 5.00 Å². The van der Waals surface area contributed by atoms with Crippen LogP contribution >= 0.6 is 11.3 Å². The molecule has 2 N–H and O–H groups in total. The third-order valence-corrected chi connectivity index (χ3v) is 3.56. The van der Waals surface area contributed by atoms with Gasteiger partial charge in [0.25, 0.3) is 0 Å². The fourth-order valence-electron chi connectivity index (χ4n) is 1.10. The van der Waals surface area contributed by atoms with Gasteiger partial charge < -0.3 is 5.32 Å². The number of sulfonamides is 1. The Labute approximate surface area is 103 Å². The zero-order valence-corrected chi connectivity index (χ0v) is 10.8. The highest BCUT2D eigenvalue weighted by atomic mass is 32.2. The second kappa shape index (κ2) is 6.05. The molecule has 0 aliphatic heterocycles. The highest BCUT2D eigenvalue weighted by molar-refractivity contribution is 7.88. The quantitative estimate of drug-likeness (QED) is 0.424. The maximum atomic E-state index is 10.7. The van der Waals surface area contributed by atoms with E-state index in [4.69, 9.17) is 0 Å². The second-order valence-electron chi connectivity index (χ2n) is 3.34. The Morgan fingerprint density at radius 3 is 2.65 bits per heavy atom. The number of nitro groups is 1. The Bertz CT molecular complexity index is 483. The molecule has 0 aliphatic rings. The molecule has 7 nitrogen and oxygen atoms in total. The van der Waals surface area contributed by atoms with Gasteiger partial charge in [0, 0.05) is 30.6 Å². The first kappa shape index (κ1) is 14.0. The van der Waals surface area contributed by atoms with Crippen molar-refractivity contribution in [2.24, 2.45) is 0 Å². The summed E-state index contributed by atoms with van der Waals surface area (Å²) in [5, 5.41) is 13.5. The first-order valence-corrected chi connectivity index (χ1v) is 7.48. The molecule has 0 unspecified atom stereocenters. The van der Waals surface area contributed by atoms with Crippen LogP contribution in [0, 0.1) is 10.1 Å². The highest BCUT2D eigenvalue weighted by Crippen LogP contribution is 2.23. The molecule has 1 aromatic heterocycles. The SMILES string of the molecule is CS(=O)(=O)NCCNCc1ccc([N+](=O)[O-])s1. The van der Waals surface area contributed by atoms with Crippen molar-refractivity contribution in [2.75, 3.05) is 19.3 Å². The van der Waals surface area contributed by atoms with Crippen molar-refractivity contribution in [2.45, 2.75) is 6.54 Å². The molecule has 1 aromatic rings. The minimum Gasteiger partial charge on any atom is -0.311 e. The van der Waals surface area contributed by atoms with E-state index in [-0.39, 0.29) is 5.00 Å². The van der Waals surface area contributed by atoms with Crippen molar-refractivity contribution in [1.82, 2.24) is 10.0 Å². The molecule has 0 fully saturated rings. The van der Waals surface area contributed by atoms with Gasteiger partial charge in [0.05, 0.1) is 11.2 Å². The topological polar surface area (TPSA) is 101 Å². The Hall–Kier alpha value is -1.03. The summed E-state index contributed by atoms with van der Waals surface area (Å²) in [6.45, 7) is 1.26. The normalized spacial score (nSPS) is 11.6. The van der Waals surface area contributed by atoms with Crippen LogP contribution in [0.4, 0.5) is 5.00 Å². The lowest BCUT2D eigenvalue weighted by Crippen LogP contribution is -2.30. The number of nitrogens with zero attached hydrogens (tertiary/aromatic N) is 1. The van der Waals surface area contributed by atoms with E-state index in [9.17, 15) is 18.5 Å². The summed E-state index contributed by atoms with van der Waals surface area (Å²) in [5.74, 6) is 0. The lowest BCUT2D eigenvalue weighted by atomic mass is 10.4. The number of thiophene rings is 1. The zero-order chi connectivity index (χ0) is 12.9. The van der Waals surface area contributed by atoms with E-state index in [1.54, 1.807) is 6.07 Å². The van der Waals surface area contributed by atoms with E-state index in [2.05, 4.69) is 10.0 Å². The third-order valence-electron chi connectivity index (χ3n) is 1.79. The maximum Gasteiger partial charge on any atom is 0.324 e. The summed E-state index contributed by atoms with van der Waals surface area (Å²) in [5.41, 5.74) is 0. The highest BCUT2D eigenvalue weighted by Gasteiger charge is 2.08. The summed E-state index contributed by atoms with van der Waals surface area (Å²) in [7, 11) is -3.15. The van der Waals surface area contributed by atoms with Crippen molar-refractivity contribution >= 4 is 26.4 Å². The Morgan fingerprint density at radius 2 is 2.12 bits per heavy atom. The van der Waals surface area contributed by atoms with Gasteiger partial charge in [-0.05, 0) is 6.07 Å². The number of hydrogen-bond donors (Lipinski definition) is 2. The molecule has 0 aliphatic carbocycles. The number of rotatable bonds is 7. The van der Waals surface area contributed by atoms with E-state index >= 15 is 0 Å². The summed E-state index contributed by atoms with van der Waals surface area (Å²) in [4.78, 5) is 10.8. The monoisotopic (exact) mass is 279 g/mol. The van der Waals surface area contributed by atoms with Gasteiger partial charge in [-0.25, -0.2) is 13.1 Å². The Balaban J connectivity index is 2.24. The van der Waals surface area contributed by atoms with E-state index in [0.29, 0.717) is 19.6 Å². The van der Waals surface area contributed by atoms with Crippen LogP contribution in [0.15, 0.2) is 12.1 Å². The maximum absolute atomic E-state index is 10.7. The van der Waals surface area contributed by atoms with Gasteiger partial charge in [-0.2, -0.15) is 0 Å². The van der Waals surface area contributed by atoms with Gasteiger partial charge in [0.15, 0.2) is 0 Å². The van der Waals surface area contributed by atoms with Crippen LogP contribution in [0.3, 0.4) is 0 Å². The molecule has 0 spiro atoms. The van der Waals surface area contributed by atoms with Crippen LogP contribution in [0.1, 0.15) is 4.88 Å². The standard InChI is InChI=1S/C8H13N3O4S2/c1-17(14,15)10-5-4-9-6-7-2-3-8(16-7)11(12)13/h2-3,9-10H,4-6H2,1H3. The molecular formula is C8H13N3O4S2. The molecule has 0 saturated heterocycles. The summed E-state index contributed by atoms with van der Waals surface area (Å²) < 4.78 is 23.8. The minimum absolute atomic E-state index is 0.107. The van der Waals surface area contributed by atoms with Crippen LogP contribution in [-0.2, 0) is 16.6 Å². The second-order valence-corrected chi connectivity index (χ2v) is 6.32. The molecule has 0 bridgehead atoms. The molecule has 0 aromatic carbocycles. The molecule has 0 amide bonds. The van der Waals surface area contributed by atoms with Crippen LogP contribution in [0.25, 0.3) is 0 Å². The van der Waals surface area contributed by atoms with Crippen LogP contribution < -0.4 is 10.0 Å². The van der Waals surface area contributed by atoms with E-state index in [1.165, 1.54) is 6.07 Å². The lowest BCUT2D eigenvalue weighted by molar-refractivity contribution is -0.380. The summed E-state index contributed by atoms with van der Waals surface area (Å²) in [6, 6.07) is 3.14. The van der Waals surface area contributed by atoms with Crippen molar-refractivity contribution in [3.05, 3.63) is 27.1 Å². The molecule has 17 heavy (non-hydrogen) atoms. The van der Waals surface area contributed by atoms with Crippen LogP contribution in [0.5, 0.6) is 0 Å². The Morgan fingerprint density at radius 1 is 1.41 bits per heavy atom. The molecular weight excluding hydrogens is 266 g/mol.